The average Bonchev–Trinajstić information content (AvgIpc) is 1.83. The largest absolute Gasteiger partial charge is 0.370 e. The Morgan fingerprint density at radius 2 is 1.64 bits per heavy atom. The number of halogens is 3. The molecule has 0 radical (unpaired) electrons. The van der Waals surface area contributed by atoms with E-state index in [-0.39, 0.29) is 0 Å². The number of hydrogen-bond acceptors (Lipinski definition) is 1. The zero-order chi connectivity index (χ0) is 9.12. The highest BCUT2D eigenvalue weighted by molar-refractivity contribution is 4.67. The van der Waals surface area contributed by atoms with E-state index in [0.29, 0.717) is 0 Å². The van der Waals surface area contributed by atoms with Gasteiger partial charge >= 0.3 is 0 Å². The van der Waals surface area contributed by atoms with Crippen molar-refractivity contribution in [3.05, 3.63) is 0 Å². The summed E-state index contributed by atoms with van der Waals surface area (Å²) in [5, 5.41) is 0. The van der Waals surface area contributed by atoms with Gasteiger partial charge in [-0.25, -0.2) is 13.2 Å². The Morgan fingerprint density at radius 3 is 1.91 bits per heavy atom. The average molecular weight is 170 g/mol. The molecule has 0 atom stereocenters. The first-order valence-electron chi connectivity index (χ1n) is 3.35. The molecule has 0 fully saturated rings. The van der Waals surface area contributed by atoms with Crippen LogP contribution in [0.1, 0.15) is 20.8 Å². The summed E-state index contributed by atoms with van der Waals surface area (Å²) >= 11 is 0. The monoisotopic (exact) mass is 170 g/mol. The Hall–Kier alpha value is -0.250. The molecule has 0 aliphatic carbocycles. The molecule has 0 bridgehead atoms. The first-order chi connectivity index (χ1) is 4.77. The normalized spacial score (nSPS) is 13.6. The summed E-state index contributed by atoms with van der Waals surface area (Å²) in [6.45, 7) is 2.40. The second kappa shape index (κ2) is 3.43. The minimum atomic E-state index is -3.34. The van der Waals surface area contributed by atoms with E-state index >= 15 is 0 Å². The van der Waals surface area contributed by atoms with Gasteiger partial charge in [0.25, 0.3) is 5.92 Å². The van der Waals surface area contributed by atoms with Gasteiger partial charge in [0, 0.05) is 0 Å². The Balaban J connectivity index is 3.70. The second-order valence-corrected chi connectivity index (χ2v) is 3.39. The van der Waals surface area contributed by atoms with Crippen molar-refractivity contribution in [1.82, 2.24) is 0 Å². The van der Waals surface area contributed by atoms with Crippen LogP contribution < -0.4 is 0 Å². The van der Waals surface area contributed by atoms with Gasteiger partial charge in [-0.2, -0.15) is 0 Å². The van der Waals surface area contributed by atoms with Crippen LogP contribution in [0.2, 0.25) is 0 Å². The van der Waals surface area contributed by atoms with Crippen LogP contribution in [0.4, 0.5) is 13.2 Å². The topological polar surface area (TPSA) is 9.23 Å². The highest BCUT2D eigenvalue weighted by Crippen LogP contribution is 2.18. The first kappa shape index (κ1) is 10.8. The Bertz CT molecular complexity index is 117. The van der Waals surface area contributed by atoms with Gasteiger partial charge < -0.3 is 4.74 Å². The number of alkyl halides is 3. The molecular weight excluding hydrogens is 157 g/mol. The SMILES string of the molecule is CC(C)(C)OCC(F)(F)CF. The third kappa shape index (κ3) is 6.16. The molecule has 0 aliphatic heterocycles. The number of ether oxygens (including phenoxy) is 1. The summed E-state index contributed by atoms with van der Waals surface area (Å²) in [5.41, 5.74) is -0.640. The van der Waals surface area contributed by atoms with E-state index in [1.807, 2.05) is 0 Å². The van der Waals surface area contributed by atoms with Gasteiger partial charge in [-0.1, -0.05) is 0 Å². The molecule has 0 rings (SSSR count). The first-order valence-corrected chi connectivity index (χ1v) is 3.35. The standard InChI is InChI=1S/C7H13F3O/c1-6(2,3)11-5-7(9,10)4-8/h4-5H2,1-3H3. The van der Waals surface area contributed by atoms with Crippen LogP contribution in [0.25, 0.3) is 0 Å². The van der Waals surface area contributed by atoms with Crippen LogP contribution in [0.5, 0.6) is 0 Å². The van der Waals surface area contributed by atoms with Crippen molar-refractivity contribution in [3.8, 4) is 0 Å². The highest BCUT2D eigenvalue weighted by atomic mass is 19.3. The van der Waals surface area contributed by atoms with Crippen molar-refractivity contribution in [3.63, 3.8) is 0 Å². The molecule has 0 amide bonds. The summed E-state index contributed by atoms with van der Waals surface area (Å²) in [5.74, 6) is -3.34. The molecule has 0 saturated carbocycles. The van der Waals surface area contributed by atoms with E-state index < -0.39 is 24.8 Å². The van der Waals surface area contributed by atoms with Gasteiger partial charge in [-0.3, -0.25) is 0 Å². The van der Waals surface area contributed by atoms with E-state index in [2.05, 4.69) is 0 Å². The van der Waals surface area contributed by atoms with Gasteiger partial charge in [0.05, 0.1) is 5.60 Å². The van der Waals surface area contributed by atoms with Crippen LogP contribution in [-0.4, -0.2) is 24.8 Å². The van der Waals surface area contributed by atoms with E-state index in [4.69, 9.17) is 4.74 Å². The summed E-state index contributed by atoms with van der Waals surface area (Å²) in [7, 11) is 0. The van der Waals surface area contributed by atoms with Crippen molar-refractivity contribution < 1.29 is 17.9 Å². The third-order valence-electron chi connectivity index (χ3n) is 0.912. The molecule has 0 spiro atoms. The minimum Gasteiger partial charge on any atom is -0.370 e. The molecule has 0 aromatic rings. The maximum atomic E-state index is 12.2. The molecule has 0 aliphatic rings. The lowest BCUT2D eigenvalue weighted by Crippen LogP contribution is -2.32. The van der Waals surface area contributed by atoms with Crippen molar-refractivity contribution >= 4 is 0 Å². The van der Waals surface area contributed by atoms with Gasteiger partial charge in [0.15, 0.2) is 6.67 Å². The summed E-state index contributed by atoms with van der Waals surface area (Å²) in [4.78, 5) is 0. The molecule has 0 N–H and O–H groups in total. The highest BCUT2D eigenvalue weighted by Gasteiger charge is 2.31. The van der Waals surface area contributed by atoms with Crippen molar-refractivity contribution in [1.29, 1.82) is 0 Å². The molecule has 1 nitrogen and oxygen atoms in total. The van der Waals surface area contributed by atoms with Crippen molar-refractivity contribution in [2.45, 2.75) is 32.3 Å². The van der Waals surface area contributed by atoms with Gasteiger partial charge in [-0.15, -0.1) is 0 Å². The summed E-state index contributed by atoms with van der Waals surface area (Å²) in [6.07, 6.45) is 0. The van der Waals surface area contributed by atoms with Gasteiger partial charge in [0.2, 0.25) is 0 Å². The van der Waals surface area contributed by atoms with Crippen LogP contribution in [-0.2, 0) is 4.74 Å². The van der Waals surface area contributed by atoms with Crippen LogP contribution in [0, 0.1) is 0 Å². The quantitative estimate of drug-likeness (QED) is 0.632. The van der Waals surface area contributed by atoms with Crippen LogP contribution >= 0.6 is 0 Å². The van der Waals surface area contributed by atoms with E-state index in [1.165, 1.54) is 0 Å². The summed E-state index contributed by atoms with van der Waals surface area (Å²) < 4.78 is 40.6. The second-order valence-electron chi connectivity index (χ2n) is 3.39. The number of rotatable bonds is 3. The molecule has 0 saturated heterocycles. The van der Waals surface area contributed by atoms with Crippen LogP contribution in [0.15, 0.2) is 0 Å². The molecule has 0 aromatic heterocycles. The fourth-order valence-corrected chi connectivity index (χ4v) is 0.361. The molecule has 0 heterocycles. The Labute approximate surface area is 64.5 Å². The van der Waals surface area contributed by atoms with Gasteiger partial charge in [-0.05, 0) is 20.8 Å². The minimum absolute atomic E-state index is 0.640. The Kier molecular flexibility index (Phi) is 3.35. The lowest BCUT2D eigenvalue weighted by Gasteiger charge is -2.22. The lowest BCUT2D eigenvalue weighted by atomic mass is 10.2. The fraction of sp³-hybridized carbons (Fsp3) is 1.00. The maximum Gasteiger partial charge on any atom is 0.298 e. The molecule has 68 valence electrons. The fourth-order valence-electron chi connectivity index (χ4n) is 0.361. The number of hydrogen-bond donors (Lipinski definition) is 0. The zero-order valence-corrected chi connectivity index (χ0v) is 6.96. The molecule has 0 unspecified atom stereocenters. The Morgan fingerprint density at radius 1 is 1.18 bits per heavy atom. The lowest BCUT2D eigenvalue weighted by molar-refractivity contribution is -0.129. The predicted molar refractivity (Wildman–Crippen MR) is 36.6 cm³/mol. The van der Waals surface area contributed by atoms with Crippen molar-refractivity contribution in [2.75, 3.05) is 13.3 Å². The molecular formula is C7H13F3O. The van der Waals surface area contributed by atoms with E-state index in [1.54, 1.807) is 20.8 Å². The molecule has 11 heavy (non-hydrogen) atoms. The predicted octanol–water partition coefficient (Wildman–Crippen LogP) is 2.41. The smallest absolute Gasteiger partial charge is 0.298 e. The maximum absolute atomic E-state index is 12.2. The zero-order valence-electron chi connectivity index (χ0n) is 6.96. The summed E-state index contributed by atoms with van der Waals surface area (Å²) in [6, 6.07) is 0. The van der Waals surface area contributed by atoms with Crippen molar-refractivity contribution in [2.24, 2.45) is 0 Å². The van der Waals surface area contributed by atoms with Crippen LogP contribution in [0.3, 0.4) is 0 Å². The van der Waals surface area contributed by atoms with E-state index in [0.717, 1.165) is 0 Å². The third-order valence-corrected chi connectivity index (χ3v) is 0.912. The van der Waals surface area contributed by atoms with Gasteiger partial charge in [0.1, 0.15) is 6.61 Å². The molecule has 0 aromatic carbocycles. The molecule has 4 heteroatoms. The van der Waals surface area contributed by atoms with E-state index in [9.17, 15) is 13.2 Å².